The SMILES string of the molecule is CCC(C)(OC)C(=O)Nc1cccc(C(=O)O)c1. The van der Waals surface area contributed by atoms with Crippen LogP contribution >= 0.6 is 0 Å². The molecule has 1 unspecified atom stereocenters. The summed E-state index contributed by atoms with van der Waals surface area (Å²) < 4.78 is 5.17. The second-order valence-corrected chi connectivity index (χ2v) is 4.13. The molecule has 5 nitrogen and oxygen atoms in total. The van der Waals surface area contributed by atoms with E-state index in [4.69, 9.17) is 9.84 Å². The molecule has 1 atom stereocenters. The first-order chi connectivity index (χ1) is 8.42. The molecule has 0 fully saturated rings. The summed E-state index contributed by atoms with van der Waals surface area (Å²) in [7, 11) is 1.47. The lowest BCUT2D eigenvalue weighted by Crippen LogP contribution is -2.41. The number of anilines is 1. The molecule has 18 heavy (non-hydrogen) atoms. The van der Waals surface area contributed by atoms with Crippen LogP contribution in [0.2, 0.25) is 0 Å². The minimum atomic E-state index is -1.03. The van der Waals surface area contributed by atoms with Gasteiger partial charge in [-0.15, -0.1) is 0 Å². The first-order valence-corrected chi connectivity index (χ1v) is 5.63. The number of nitrogens with one attached hydrogen (secondary N) is 1. The molecular formula is C13H17NO4. The van der Waals surface area contributed by atoms with E-state index in [9.17, 15) is 9.59 Å². The Morgan fingerprint density at radius 3 is 2.61 bits per heavy atom. The highest BCUT2D eigenvalue weighted by molar-refractivity contribution is 5.98. The van der Waals surface area contributed by atoms with E-state index < -0.39 is 11.6 Å². The zero-order valence-electron chi connectivity index (χ0n) is 10.7. The van der Waals surface area contributed by atoms with Crippen molar-refractivity contribution in [3.05, 3.63) is 29.8 Å². The zero-order chi connectivity index (χ0) is 13.8. The molecule has 0 aromatic heterocycles. The van der Waals surface area contributed by atoms with Crippen molar-refractivity contribution in [2.75, 3.05) is 12.4 Å². The number of methoxy groups -OCH3 is 1. The number of hydrogen-bond acceptors (Lipinski definition) is 3. The summed E-state index contributed by atoms with van der Waals surface area (Å²) in [5.74, 6) is -1.33. The van der Waals surface area contributed by atoms with E-state index >= 15 is 0 Å². The lowest BCUT2D eigenvalue weighted by Gasteiger charge is -2.25. The Kier molecular flexibility index (Phi) is 4.44. The van der Waals surface area contributed by atoms with Crippen LogP contribution in [-0.4, -0.2) is 29.7 Å². The van der Waals surface area contributed by atoms with E-state index in [0.717, 1.165) is 0 Å². The lowest BCUT2D eigenvalue weighted by atomic mass is 10.0. The van der Waals surface area contributed by atoms with Gasteiger partial charge in [0.2, 0.25) is 0 Å². The molecule has 0 aliphatic heterocycles. The second-order valence-electron chi connectivity index (χ2n) is 4.13. The number of ether oxygens (including phenoxy) is 1. The van der Waals surface area contributed by atoms with E-state index in [0.29, 0.717) is 12.1 Å². The number of hydrogen-bond donors (Lipinski definition) is 2. The molecule has 0 saturated heterocycles. The Hall–Kier alpha value is -1.88. The van der Waals surface area contributed by atoms with Crippen LogP contribution in [0.15, 0.2) is 24.3 Å². The largest absolute Gasteiger partial charge is 0.478 e. The van der Waals surface area contributed by atoms with Crippen LogP contribution in [0, 0.1) is 0 Å². The Labute approximate surface area is 106 Å². The minimum absolute atomic E-state index is 0.128. The zero-order valence-corrected chi connectivity index (χ0v) is 10.7. The number of aromatic carboxylic acids is 1. The van der Waals surface area contributed by atoms with Gasteiger partial charge in [-0.3, -0.25) is 4.79 Å². The van der Waals surface area contributed by atoms with E-state index in [1.807, 2.05) is 6.92 Å². The molecule has 1 aromatic rings. The Balaban J connectivity index is 2.88. The predicted octanol–water partition coefficient (Wildman–Crippen LogP) is 2.14. The van der Waals surface area contributed by atoms with E-state index in [1.165, 1.54) is 19.2 Å². The molecule has 5 heteroatoms. The van der Waals surface area contributed by atoms with Crippen molar-refractivity contribution in [2.24, 2.45) is 0 Å². The van der Waals surface area contributed by atoms with Gasteiger partial charge < -0.3 is 15.2 Å². The topological polar surface area (TPSA) is 75.6 Å². The van der Waals surface area contributed by atoms with Crippen LogP contribution in [0.25, 0.3) is 0 Å². The maximum atomic E-state index is 12.0. The molecule has 2 N–H and O–H groups in total. The summed E-state index contributed by atoms with van der Waals surface area (Å²) in [5.41, 5.74) is -0.348. The molecule has 0 radical (unpaired) electrons. The summed E-state index contributed by atoms with van der Waals surface area (Å²) in [6, 6.07) is 6.09. The smallest absolute Gasteiger partial charge is 0.335 e. The van der Waals surface area contributed by atoms with Gasteiger partial charge in [-0.05, 0) is 31.5 Å². The fourth-order valence-electron chi connectivity index (χ4n) is 1.39. The molecule has 0 saturated carbocycles. The Morgan fingerprint density at radius 1 is 1.44 bits per heavy atom. The van der Waals surface area contributed by atoms with E-state index in [-0.39, 0.29) is 11.5 Å². The summed E-state index contributed by atoms with van der Waals surface area (Å²) in [4.78, 5) is 22.8. The first kappa shape index (κ1) is 14.2. The van der Waals surface area contributed by atoms with Crippen LogP contribution in [0.5, 0.6) is 0 Å². The van der Waals surface area contributed by atoms with Gasteiger partial charge >= 0.3 is 5.97 Å². The third-order valence-electron chi connectivity index (χ3n) is 2.97. The van der Waals surface area contributed by atoms with Gasteiger partial charge in [-0.25, -0.2) is 4.79 Å². The fraction of sp³-hybridized carbons (Fsp3) is 0.385. The van der Waals surface area contributed by atoms with E-state index in [1.54, 1.807) is 19.1 Å². The fourth-order valence-corrected chi connectivity index (χ4v) is 1.39. The van der Waals surface area contributed by atoms with Gasteiger partial charge in [0, 0.05) is 12.8 Å². The number of amides is 1. The van der Waals surface area contributed by atoms with Crippen molar-refractivity contribution < 1.29 is 19.4 Å². The van der Waals surface area contributed by atoms with Crippen LogP contribution in [0.3, 0.4) is 0 Å². The highest BCUT2D eigenvalue weighted by atomic mass is 16.5. The van der Waals surface area contributed by atoms with Crippen molar-refractivity contribution in [3.63, 3.8) is 0 Å². The maximum Gasteiger partial charge on any atom is 0.335 e. The van der Waals surface area contributed by atoms with Gasteiger partial charge in [0.05, 0.1) is 5.56 Å². The predicted molar refractivity (Wildman–Crippen MR) is 67.7 cm³/mol. The summed E-state index contributed by atoms with van der Waals surface area (Å²) in [6.07, 6.45) is 0.522. The summed E-state index contributed by atoms with van der Waals surface area (Å²) in [6.45, 7) is 3.53. The summed E-state index contributed by atoms with van der Waals surface area (Å²) in [5, 5.41) is 11.5. The number of rotatable bonds is 5. The average molecular weight is 251 g/mol. The Morgan fingerprint density at radius 2 is 2.11 bits per heavy atom. The van der Waals surface area contributed by atoms with Gasteiger partial charge in [0.25, 0.3) is 5.91 Å². The van der Waals surface area contributed by atoms with Crippen LogP contribution in [0.4, 0.5) is 5.69 Å². The van der Waals surface area contributed by atoms with Crippen LogP contribution in [0.1, 0.15) is 30.6 Å². The standard InChI is InChI=1S/C13H17NO4/c1-4-13(2,18-3)12(17)14-10-7-5-6-9(8-10)11(15)16/h5-8H,4H2,1-3H3,(H,14,17)(H,15,16). The number of carbonyl (C=O) groups excluding carboxylic acids is 1. The molecule has 0 bridgehead atoms. The van der Waals surface area contributed by atoms with Crippen molar-refractivity contribution in [2.45, 2.75) is 25.9 Å². The van der Waals surface area contributed by atoms with Crippen molar-refractivity contribution in [1.82, 2.24) is 0 Å². The monoisotopic (exact) mass is 251 g/mol. The normalized spacial score (nSPS) is 13.7. The van der Waals surface area contributed by atoms with Crippen molar-refractivity contribution >= 4 is 17.6 Å². The third-order valence-corrected chi connectivity index (χ3v) is 2.97. The van der Waals surface area contributed by atoms with Crippen LogP contribution in [-0.2, 0) is 9.53 Å². The van der Waals surface area contributed by atoms with E-state index in [2.05, 4.69) is 5.32 Å². The minimum Gasteiger partial charge on any atom is -0.478 e. The van der Waals surface area contributed by atoms with Crippen molar-refractivity contribution in [1.29, 1.82) is 0 Å². The van der Waals surface area contributed by atoms with Gasteiger partial charge in [0.1, 0.15) is 5.60 Å². The average Bonchev–Trinajstić information content (AvgIpc) is 2.38. The molecule has 1 aromatic carbocycles. The molecular weight excluding hydrogens is 234 g/mol. The number of carboxylic acid groups (broad SMARTS) is 1. The number of carboxylic acids is 1. The van der Waals surface area contributed by atoms with Gasteiger partial charge in [-0.2, -0.15) is 0 Å². The first-order valence-electron chi connectivity index (χ1n) is 5.63. The molecule has 1 amide bonds. The van der Waals surface area contributed by atoms with Gasteiger partial charge in [0.15, 0.2) is 0 Å². The van der Waals surface area contributed by atoms with Gasteiger partial charge in [-0.1, -0.05) is 13.0 Å². The maximum absolute atomic E-state index is 12.0. The summed E-state index contributed by atoms with van der Waals surface area (Å²) >= 11 is 0. The molecule has 98 valence electrons. The molecule has 0 spiro atoms. The van der Waals surface area contributed by atoms with Crippen molar-refractivity contribution in [3.8, 4) is 0 Å². The molecule has 1 rings (SSSR count). The highest BCUT2D eigenvalue weighted by Gasteiger charge is 2.30. The second kappa shape index (κ2) is 5.64. The quantitative estimate of drug-likeness (QED) is 0.840. The Bertz CT molecular complexity index is 452. The molecule has 0 aliphatic carbocycles. The third kappa shape index (κ3) is 3.07. The number of carbonyl (C=O) groups is 2. The molecule has 0 aliphatic rings. The lowest BCUT2D eigenvalue weighted by molar-refractivity contribution is -0.136. The van der Waals surface area contributed by atoms with Crippen LogP contribution < -0.4 is 5.32 Å². The highest BCUT2D eigenvalue weighted by Crippen LogP contribution is 2.18. The number of benzene rings is 1. The molecule has 0 heterocycles.